The number of carbonyl (C=O) groups excluding carboxylic acids is 2. The van der Waals surface area contributed by atoms with Crippen molar-refractivity contribution in [3.8, 4) is 0 Å². The zero-order valence-electron chi connectivity index (χ0n) is 14.4. The fourth-order valence-electron chi connectivity index (χ4n) is 2.95. The Balaban J connectivity index is 1.85. The maximum atomic E-state index is 13.0. The molecule has 1 aliphatic rings. The minimum absolute atomic E-state index is 0.187. The van der Waals surface area contributed by atoms with E-state index in [0.29, 0.717) is 29.4 Å². The number of furan rings is 1. The molecule has 0 unspecified atom stereocenters. The molecule has 2 amide bonds. The van der Waals surface area contributed by atoms with Gasteiger partial charge in [-0.3, -0.25) is 9.59 Å². The summed E-state index contributed by atoms with van der Waals surface area (Å²) in [6.07, 6.45) is 7.26. The van der Waals surface area contributed by atoms with Crippen LogP contribution in [0.25, 0.3) is 6.08 Å². The topological polar surface area (TPSA) is 62.6 Å². The second-order valence-corrected chi connectivity index (χ2v) is 6.62. The Hall–Kier alpha value is -2.53. The van der Waals surface area contributed by atoms with Crippen molar-refractivity contribution in [3.05, 3.63) is 64.7 Å². The minimum Gasteiger partial charge on any atom is -0.465 e. The average Bonchev–Trinajstić information content (AvgIpc) is 3.00. The summed E-state index contributed by atoms with van der Waals surface area (Å²) in [5, 5.41) is 3.05. The van der Waals surface area contributed by atoms with E-state index in [-0.39, 0.29) is 11.6 Å². The van der Waals surface area contributed by atoms with E-state index in [1.54, 1.807) is 47.4 Å². The maximum Gasteiger partial charge on any atom is 0.270 e. The highest BCUT2D eigenvalue weighted by molar-refractivity contribution is 6.34. The van der Waals surface area contributed by atoms with Gasteiger partial charge in [-0.2, -0.15) is 0 Å². The fraction of sp³-hybridized carbons (Fsp3) is 0.300. The number of hydrogen-bond acceptors (Lipinski definition) is 3. The van der Waals surface area contributed by atoms with E-state index in [9.17, 15) is 9.59 Å². The van der Waals surface area contributed by atoms with Crippen molar-refractivity contribution in [1.82, 2.24) is 10.2 Å². The number of hydrogen-bond donors (Lipinski definition) is 1. The number of halogens is 1. The molecule has 3 rings (SSSR count). The molecule has 2 heterocycles. The van der Waals surface area contributed by atoms with E-state index in [4.69, 9.17) is 16.0 Å². The number of rotatable bonds is 4. The minimum atomic E-state index is -0.420. The highest BCUT2D eigenvalue weighted by Gasteiger charge is 2.22. The van der Waals surface area contributed by atoms with Crippen LogP contribution in [0.1, 0.15) is 41.8 Å². The normalized spacial score (nSPS) is 15.4. The molecule has 26 heavy (non-hydrogen) atoms. The van der Waals surface area contributed by atoms with E-state index < -0.39 is 5.91 Å². The Morgan fingerprint density at radius 3 is 2.42 bits per heavy atom. The van der Waals surface area contributed by atoms with Crippen molar-refractivity contribution in [2.75, 3.05) is 13.1 Å². The van der Waals surface area contributed by atoms with Crippen LogP contribution in [-0.4, -0.2) is 29.8 Å². The van der Waals surface area contributed by atoms with Crippen molar-refractivity contribution < 1.29 is 14.0 Å². The van der Waals surface area contributed by atoms with Crippen LogP contribution in [0.15, 0.2) is 52.8 Å². The molecule has 0 aliphatic carbocycles. The molecule has 1 aliphatic heterocycles. The number of nitrogens with one attached hydrogen (secondary N) is 1. The molecule has 0 saturated carbocycles. The first-order valence-corrected chi connectivity index (χ1v) is 9.13. The standard InChI is InChI=1S/C20H21ClN2O3/c21-17-10-4-3-9-16(17)19(24)22-18(14-15-8-7-13-26-15)20(25)23-11-5-1-2-6-12-23/h3-4,7-10,13-14H,1-2,5-6,11-12H2,(H,22,24)/b18-14-. The summed E-state index contributed by atoms with van der Waals surface area (Å²) in [5.41, 5.74) is 0.509. The van der Waals surface area contributed by atoms with Crippen molar-refractivity contribution >= 4 is 29.5 Å². The number of benzene rings is 1. The van der Waals surface area contributed by atoms with Crippen LogP contribution in [0, 0.1) is 0 Å². The van der Waals surface area contributed by atoms with Crippen LogP contribution in [0.5, 0.6) is 0 Å². The Bertz CT molecular complexity index is 791. The predicted molar refractivity (Wildman–Crippen MR) is 101 cm³/mol. The Labute approximate surface area is 157 Å². The second-order valence-electron chi connectivity index (χ2n) is 6.21. The second kappa shape index (κ2) is 8.72. The largest absolute Gasteiger partial charge is 0.465 e. The first-order valence-electron chi connectivity index (χ1n) is 8.75. The summed E-state index contributed by atoms with van der Waals surface area (Å²) < 4.78 is 5.31. The first-order chi connectivity index (χ1) is 12.6. The summed E-state index contributed by atoms with van der Waals surface area (Å²) in [5.74, 6) is -0.122. The molecule has 0 spiro atoms. The third-order valence-electron chi connectivity index (χ3n) is 4.32. The molecule has 1 fully saturated rings. The number of likely N-dealkylation sites (tertiary alicyclic amines) is 1. The lowest BCUT2D eigenvalue weighted by molar-refractivity contribution is -0.127. The van der Waals surface area contributed by atoms with Gasteiger partial charge in [0.25, 0.3) is 11.8 Å². The van der Waals surface area contributed by atoms with Gasteiger partial charge in [0.2, 0.25) is 0 Å². The zero-order valence-corrected chi connectivity index (χ0v) is 15.2. The fourth-order valence-corrected chi connectivity index (χ4v) is 3.17. The molecule has 1 aromatic heterocycles. The van der Waals surface area contributed by atoms with Crippen LogP contribution in [0.3, 0.4) is 0 Å². The lowest BCUT2D eigenvalue weighted by atomic mass is 10.2. The van der Waals surface area contributed by atoms with Crippen molar-refractivity contribution in [1.29, 1.82) is 0 Å². The quantitative estimate of drug-likeness (QED) is 0.821. The van der Waals surface area contributed by atoms with Gasteiger partial charge in [0, 0.05) is 19.2 Å². The third kappa shape index (κ3) is 4.55. The van der Waals surface area contributed by atoms with Crippen molar-refractivity contribution in [3.63, 3.8) is 0 Å². The van der Waals surface area contributed by atoms with E-state index in [0.717, 1.165) is 25.7 Å². The Morgan fingerprint density at radius 2 is 1.77 bits per heavy atom. The van der Waals surface area contributed by atoms with Gasteiger partial charge in [-0.25, -0.2) is 0 Å². The summed E-state index contributed by atoms with van der Waals surface area (Å²) in [4.78, 5) is 27.4. The molecule has 2 aromatic rings. The van der Waals surface area contributed by atoms with Gasteiger partial charge in [0.15, 0.2) is 0 Å². The molecule has 1 aromatic carbocycles. The molecule has 1 N–H and O–H groups in total. The Kier molecular flexibility index (Phi) is 6.12. The summed E-state index contributed by atoms with van der Waals surface area (Å²) in [6.45, 7) is 1.38. The highest BCUT2D eigenvalue weighted by Crippen LogP contribution is 2.17. The molecule has 0 bridgehead atoms. The lowest BCUT2D eigenvalue weighted by Crippen LogP contribution is -2.39. The number of carbonyl (C=O) groups is 2. The third-order valence-corrected chi connectivity index (χ3v) is 4.65. The molecule has 6 heteroatoms. The average molecular weight is 373 g/mol. The molecule has 0 atom stereocenters. The van der Waals surface area contributed by atoms with Crippen molar-refractivity contribution in [2.45, 2.75) is 25.7 Å². The van der Waals surface area contributed by atoms with Crippen molar-refractivity contribution in [2.24, 2.45) is 0 Å². The van der Waals surface area contributed by atoms with Gasteiger partial charge in [0.1, 0.15) is 11.5 Å². The predicted octanol–water partition coefficient (Wildman–Crippen LogP) is 4.11. The van der Waals surface area contributed by atoms with Gasteiger partial charge in [0.05, 0.1) is 16.8 Å². The smallest absolute Gasteiger partial charge is 0.270 e. The van der Waals surface area contributed by atoms with E-state index >= 15 is 0 Å². The zero-order chi connectivity index (χ0) is 18.4. The van der Waals surface area contributed by atoms with E-state index in [2.05, 4.69) is 5.32 Å². The SMILES string of the molecule is O=C(N/C(=C\c1ccco1)C(=O)N1CCCCCC1)c1ccccc1Cl. The Morgan fingerprint density at radius 1 is 1.04 bits per heavy atom. The molecule has 136 valence electrons. The van der Waals surface area contributed by atoms with E-state index in [1.165, 1.54) is 6.26 Å². The first kappa shape index (κ1) is 18.3. The molecular weight excluding hydrogens is 352 g/mol. The highest BCUT2D eigenvalue weighted by atomic mass is 35.5. The van der Waals surface area contributed by atoms with E-state index in [1.807, 2.05) is 0 Å². The summed E-state index contributed by atoms with van der Waals surface area (Å²) >= 11 is 6.10. The van der Waals surface area contributed by atoms with Gasteiger partial charge in [-0.05, 0) is 37.1 Å². The molecule has 1 saturated heterocycles. The van der Waals surface area contributed by atoms with Gasteiger partial charge < -0.3 is 14.6 Å². The van der Waals surface area contributed by atoms with Gasteiger partial charge in [-0.1, -0.05) is 36.6 Å². The number of amides is 2. The van der Waals surface area contributed by atoms with Gasteiger partial charge in [-0.15, -0.1) is 0 Å². The van der Waals surface area contributed by atoms with Crippen LogP contribution in [0.2, 0.25) is 5.02 Å². The summed E-state index contributed by atoms with van der Waals surface area (Å²) in [7, 11) is 0. The summed E-state index contributed by atoms with van der Waals surface area (Å²) in [6, 6.07) is 10.2. The lowest BCUT2D eigenvalue weighted by Gasteiger charge is -2.22. The monoisotopic (exact) mass is 372 g/mol. The number of nitrogens with zero attached hydrogens (tertiary/aromatic N) is 1. The molecule has 0 radical (unpaired) electrons. The van der Waals surface area contributed by atoms with Crippen LogP contribution >= 0.6 is 11.6 Å². The molecule has 5 nitrogen and oxygen atoms in total. The van der Waals surface area contributed by atoms with Gasteiger partial charge >= 0.3 is 0 Å². The molecular formula is C20H21ClN2O3. The maximum absolute atomic E-state index is 13.0. The van der Waals surface area contributed by atoms with Crippen LogP contribution < -0.4 is 5.32 Å². The van der Waals surface area contributed by atoms with Crippen LogP contribution in [0.4, 0.5) is 0 Å². The van der Waals surface area contributed by atoms with Crippen LogP contribution in [-0.2, 0) is 4.79 Å².